The van der Waals surface area contributed by atoms with E-state index in [0.29, 0.717) is 19.3 Å². The zero-order valence-corrected chi connectivity index (χ0v) is 13.8. The first kappa shape index (κ1) is 17.8. The molecule has 0 aliphatic heterocycles. The molecule has 1 unspecified atom stereocenters. The molecule has 1 aromatic rings. The van der Waals surface area contributed by atoms with Crippen LogP contribution in [0.2, 0.25) is 0 Å². The summed E-state index contributed by atoms with van der Waals surface area (Å²) in [7, 11) is 3.41. The van der Waals surface area contributed by atoms with Crippen molar-refractivity contribution >= 4 is 5.82 Å². The van der Waals surface area contributed by atoms with Gasteiger partial charge < -0.3 is 19.7 Å². The first-order chi connectivity index (χ1) is 10.1. The number of anilines is 1. The molecule has 0 aliphatic carbocycles. The minimum atomic E-state index is 0.221. The number of methoxy groups -OCH3 is 2. The van der Waals surface area contributed by atoms with Crippen molar-refractivity contribution in [3.63, 3.8) is 0 Å². The molecule has 0 spiro atoms. The third-order valence-corrected chi connectivity index (χ3v) is 3.15. The van der Waals surface area contributed by atoms with E-state index in [4.69, 9.17) is 9.47 Å². The van der Waals surface area contributed by atoms with Crippen LogP contribution in [0.25, 0.3) is 0 Å². The molecule has 1 aromatic heterocycles. The summed E-state index contributed by atoms with van der Waals surface area (Å²) in [5, 5.41) is 3.33. The molecule has 0 aromatic carbocycles. The summed E-state index contributed by atoms with van der Waals surface area (Å²) < 4.78 is 10.4. The van der Waals surface area contributed by atoms with Gasteiger partial charge in [-0.05, 0) is 6.92 Å². The van der Waals surface area contributed by atoms with E-state index < -0.39 is 0 Å². The van der Waals surface area contributed by atoms with Crippen molar-refractivity contribution in [1.82, 2.24) is 15.3 Å². The van der Waals surface area contributed by atoms with Gasteiger partial charge in [0.05, 0.1) is 37.3 Å². The Balaban J connectivity index is 2.72. The second-order valence-corrected chi connectivity index (χ2v) is 5.39. The Morgan fingerprint density at radius 2 is 1.90 bits per heavy atom. The zero-order valence-electron chi connectivity index (χ0n) is 13.8. The quantitative estimate of drug-likeness (QED) is 0.705. The maximum atomic E-state index is 5.23. The third kappa shape index (κ3) is 6.37. The van der Waals surface area contributed by atoms with Crippen LogP contribution in [0.15, 0.2) is 12.4 Å². The Labute approximate surface area is 127 Å². The molecule has 6 nitrogen and oxygen atoms in total. The fourth-order valence-electron chi connectivity index (χ4n) is 1.98. The molecular formula is C15H28N4O2. The Bertz CT molecular complexity index is 384. The average Bonchev–Trinajstić information content (AvgIpc) is 2.47. The van der Waals surface area contributed by atoms with Gasteiger partial charge in [0.1, 0.15) is 5.82 Å². The first-order valence-electron chi connectivity index (χ1n) is 7.37. The van der Waals surface area contributed by atoms with Gasteiger partial charge in [0, 0.05) is 33.4 Å². The van der Waals surface area contributed by atoms with E-state index in [1.165, 1.54) is 0 Å². The molecule has 120 valence electrons. The lowest BCUT2D eigenvalue weighted by Gasteiger charge is -2.29. The van der Waals surface area contributed by atoms with Crippen LogP contribution in [0.3, 0.4) is 0 Å². The van der Waals surface area contributed by atoms with Gasteiger partial charge >= 0.3 is 0 Å². The van der Waals surface area contributed by atoms with E-state index >= 15 is 0 Å². The molecule has 0 saturated carbocycles. The van der Waals surface area contributed by atoms with Gasteiger partial charge in [-0.15, -0.1) is 0 Å². The summed E-state index contributed by atoms with van der Waals surface area (Å²) in [6.07, 6.45) is 3.64. The summed E-state index contributed by atoms with van der Waals surface area (Å²) in [6, 6.07) is 0.658. The lowest BCUT2D eigenvalue weighted by Crippen LogP contribution is -2.39. The molecule has 0 fully saturated rings. The maximum Gasteiger partial charge on any atom is 0.147 e. The van der Waals surface area contributed by atoms with E-state index in [-0.39, 0.29) is 6.04 Å². The van der Waals surface area contributed by atoms with Crippen molar-refractivity contribution in [3.8, 4) is 0 Å². The van der Waals surface area contributed by atoms with Gasteiger partial charge in [-0.3, -0.25) is 4.98 Å². The molecule has 0 radical (unpaired) electrons. The second-order valence-electron chi connectivity index (χ2n) is 5.39. The summed E-state index contributed by atoms with van der Waals surface area (Å²) >= 11 is 0. The van der Waals surface area contributed by atoms with Crippen molar-refractivity contribution in [2.24, 2.45) is 0 Å². The summed E-state index contributed by atoms with van der Waals surface area (Å²) in [4.78, 5) is 11.2. The molecule has 6 heteroatoms. The predicted octanol–water partition coefficient (Wildman–Crippen LogP) is 1.46. The molecule has 0 saturated heterocycles. The highest BCUT2D eigenvalue weighted by molar-refractivity contribution is 5.37. The predicted molar refractivity (Wildman–Crippen MR) is 84.6 cm³/mol. The molecule has 1 N–H and O–H groups in total. The number of hydrogen-bond acceptors (Lipinski definition) is 6. The number of nitrogens with one attached hydrogen (secondary N) is 1. The van der Waals surface area contributed by atoms with Gasteiger partial charge in [-0.2, -0.15) is 0 Å². The van der Waals surface area contributed by atoms with Crippen molar-refractivity contribution in [1.29, 1.82) is 0 Å². The normalized spacial score (nSPS) is 12.7. The SMILES string of the molecule is COCCN(c1cnc(CNC(C)C)cn1)C(C)COC. The van der Waals surface area contributed by atoms with E-state index in [1.807, 2.05) is 12.4 Å². The van der Waals surface area contributed by atoms with Gasteiger partial charge in [0.25, 0.3) is 0 Å². The van der Waals surface area contributed by atoms with E-state index in [0.717, 1.165) is 24.6 Å². The Kier molecular flexibility index (Phi) is 8.19. The standard InChI is InChI=1S/C15H28N4O2/c1-12(2)16-8-14-9-18-15(10-17-14)19(6-7-20-4)13(3)11-21-5/h9-10,12-13,16H,6-8,11H2,1-5H3. The van der Waals surface area contributed by atoms with Crippen LogP contribution in [-0.4, -0.2) is 56.0 Å². The number of nitrogens with zero attached hydrogens (tertiary/aromatic N) is 3. The minimum Gasteiger partial charge on any atom is -0.383 e. The number of hydrogen-bond donors (Lipinski definition) is 1. The Morgan fingerprint density at radius 3 is 2.43 bits per heavy atom. The molecule has 1 heterocycles. The van der Waals surface area contributed by atoms with Crippen molar-refractivity contribution in [2.75, 3.05) is 38.9 Å². The fraction of sp³-hybridized carbons (Fsp3) is 0.733. The topological polar surface area (TPSA) is 59.5 Å². The van der Waals surface area contributed by atoms with Crippen molar-refractivity contribution in [2.45, 2.75) is 39.4 Å². The molecule has 0 amide bonds. The van der Waals surface area contributed by atoms with Crippen LogP contribution in [0, 0.1) is 0 Å². The molecular weight excluding hydrogens is 268 g/mol. The molecule has 1 atom stereocenters. The maximum absolute atomic E-state index is 5.23. The van der Waals surface area contributed by atoms with Crippen LogP contribution >= 0.6 is 0 Å². The lowest BCUT2D eigenvalue weighted by molar-refractivity contribution is 0.170. The van der Waals surface area contributed by atoms with Gasteiger partial charge in [0.15, 0.2) is 0 Å². The number of aromatic nitrogens is 2. The molecule has 0 aliphatic rings. The van der Waals surface area contributed by atoms with E-state index in [2.05, 4.69) is 41.0 Å². The van der Waals surface area contributed by atoms with Gasteiger partial charge in [0.2, 0.25) is 0 Å². The highest BCUT2D eigenvalue weighted by Crippen LogP contribution is 2.13. The zero-order chi connectivity index (χ0) is 15.7. The first-order valence-corrected chi connectivity index (χ1v) is 7.37. The minimum absolute atomic E-state index is 0.221. The largest absolute Gasteiger partial charge is 0.383 e. The van der Waals surface area contributed by atoms with Gasteiger partial charge in [-0.25, -0.2) is 4.98 Å². The lowest BCUT2D eigenvalue weighted by atomic mass is 10.3. The fourth-order valence-corrected chi connectivity index (χ4v) is 1.98. The average molecular weight is 296 g/mol. The highest BCUT2D eigenvalue weighted by Gasteiger charge is 2.16. The van der Waals surface area contributed by atoms with Crippen LogP contribution < -0.4 is 10.2 Å². The van der Waals surface area contributed by atoms with Crippen LogP contribution in [0.5, 0.6) is 0 Å². The van der Waals surface area contributed by atoms with E-state index in [1.54, 1.807) is 14.2 Å². The van der Waals surface area contributed by atoms with Crippen LogP contribution in [0.4, 0.5) is 5.82 Å². The second kappa shape index (κ2) is 9.65. The van der Waals surface area contributed by atoms with E-state index in [9.17, 15) is 0 Å². The molecule has 21 heavy (non-hydrogen) atoms. The number of ether oxygens (including phenoxy) is 2. The summed E-state index contributed by atoms with van der Waals surface area (Å²) in [6.45, 7) is 9.11. The Morgan fingerprint density at radius 1 is 1.14 bits per heavy atom. The smallest absolute Gasteiger partial charge is 0.147 e. The number of rotatable bonds is 10. The molecule has 0 bridgehead atoms. The Hall–Kier alpha value is -1.24. The highest BCUT2D eigenvalue weighted by atomic mass is 16.5. The van der Waals surface area contributed by atoms with Gasteiger partial charge in [-0.1, -0.05) is 13.8 Å². The molecule has 1 rings (SSSR count). The summed E-state index contributed by atoms with van der Waals surface area (Å²) in [5.74, 6) is 0.852. The van der Waals surface area contributed by atoms with Crippen molar-refractivity contribution < 1.29 is 9.47 Å². The monoisotopic (exact) mass is 296 g/mol. The van der Waals surface area contributed by atoms with Crippen LogP contribution in [0.1, 0.15) is 26.5 Å². The summed E-state index contributed by atoms with van der Waals surface area (Å²) in [5.41, 5.74) is 0.943. The third-order valence-electron chi connectivity index (χ3n) is 3.15. The van der Waals surface area contributed by atoms with Crippen molar-refractivity contribution in [3.05, 3.63) is 18.1 Å². The van der Waals surface area contributed by atoms with Crippen LogP contribution in [-0.2, 0) is 16.0 Å².